The van der Waals surface area contributed by atoms with Crippen LogP contribution in [0.5, 0.6) is 0 Å². The molecule has 0 aliphatic heterocycles. The van der Waals surface area contributed by atoms with Crippen molar-refractivity contribution in [2.45, 2.75) is 19.4 Å². The van der Waals surface area contributed by atoms with Crippen LogP contribution in [0.2, 0.25) is 5.02 Å². The molecule has 0 radical (unpaired) electrons. The van der Waals surface area contributed by atoms with Gasteiger partial charge in [0.05, 0.1) is 6.42 Å². The van der Waals surface area contributed by atoms with Crippen molar-refractivity contribution in [3.05, 3.63) is 64.9 Å². The lowest BCUT2D eigenvalue weighted by Gasteiger charge is -2.13. The van der Waals surface area contributed by atoms with E-state index >= 15 is 0 Å². The van der Waals surface area contributed by atoms with Crippen molar-refractivity contribution < 1.29 is 23.5 Å². The molecule has 2 rings (SSSR count). The summed E-state index contributed by atoms with van der Waals surface area (Å²) >= 11 is 5.75. The summed E-state index contributed by atoms with van der Waals surface area (Å²) in [6.07, 6.45) is -1.16. The molecule has 6 nitrogen and oxygen atoms in total. The van der Waals surface area contributed by atoms with Crippen LogP contribution in [0, 0.1) is 5.82 Å². The van der Waals surface area contributed by atoms with Crippen LogP contribution in [-0.4, -0.2) is 30.4 Å². The number of nitrogens with one attached hydrogen (secondary N) is 2. The highest BCUT2D eigenvalue weighted by Crippen LogP contribution is 2.11. The van der Waals surface area contributed by atoms with Crippen LogP contribution in [0.25, 0.3) is 0 Å². The van der Waals surface area contributed by atoms with Crippen molar-refractivity contribution in [2.24, 2.45) is 0 Å². The molecule has 0 aliphatic carbocycles. The summed E-state index contributed by atoms with van der Waals surface area (Å²) in [5.41, 5.74) is 0.675. The van der Waals surface area contributed by atoms with Crippen LogP contribution < -0.4 is 10.6 Å². The van der Waals surface area contributed by atoms with E-state index in [1.807, 2.05) is 0 Å². The Morgan fingerprint density at radius 2 is 1.85 bits per heavy atom. The number of ether oxygens (including phenoxy) is 1. The van der Waals surface area contributed by atoms with E-state index in [1.54, 1.807) is 24.3 Å². The molecule has 0 saturated carbocycles. The fourth-order valence-electron chi connectivity index (χ4n) is 2.10. The van der Waals surface area contributed by atoms with E-state index in [1.165, 1.54) is 25.1 Å². The number of hydrogen-bond donors (Lipinski definition) is 2. The number of anilines is 1. The molecule has 27 heavy (non-hydrogen) atoms. The first kappa shape index (κ1) is 20.4. The summed E-state index contributed by atoms with van der Waals surface area (Å²) < 4.78 is 18.1. The van der Waals surface area contributed by atoms with Crippen molar-refractivity contribution in [1.82, 2.24) is 5.32 Å². The molecular formula is C19H18ClFN2O4. The zero-order chi connectivity index (χ0) is 19.8. The van der Waals surface area contributed by atoms with Crippen LogP contribution in [0.4, 0.5) is 10.1 Å². The molecule has 2 amide bonds. The molecule has 0 spiro atoms. The summed E-state index contributed by atoms with van der Waals surface area (Å²) in [5.74, 6) is -2.07. The van der Waals surface area contributed by atoms with Crippen molar-refractivity contribution >= 4 is 35.1 Å². The lowest BCUT2D eigenvalue weighted by atomic mass is 10.2. The molecule has 142 valence electrons. The van der Waals surface area contributed by atoms with E-state index in [0.29, 0.717) is 10.6 Å². The largest absolute Gasteiger partial charge is 0.452 e. The van der Waals surface area contributed by atoms with E-state index in [4.69, 9.17) is 16.3 Å². The molecule has 0 aliphatic rings. The first-order chi connectivity index (χ1) is 12.8. The smallest absolute Gasteiger partial charge is 0.308 e. The van der Waals surface area contributed by atoms with Gasteiger partial charge in [0, 0.05) is 22.8 Å². The number of esters is 1. The molecule has 8 heteroatoms. The third-order valence-corrected chi connectivity index (χ3v) is 3.74. The second-order valence-corrected chi connectivity index (χ2v) is 6.08. The zero-order valence-electron chi connectivity index (χ0n) is 14.5. The predicted octanol–water partition coefficient (Wildman–Crippen LogP) is 3.17. The highest BCUT2D eigenvalue weighted by atomic mass is 35.5. The standard InChI is InChI=1S/C19H18ClFN2O4/c1-12(18(25)23-16-4-2-3-15(21)11-16)27-17(24)9-10-22-19(26)13-5-7-14(20)8-6-13/h2-8,11-12H,9-10H2,1H3,(H,22,26)(H,23,25)/t12-/m1/s1. The van der Waals surface area contributed by atoms with Crippen LogP contribution in [0.15, 0.2) is 48.5 Å². The Kier molecular flexibility index (Phi) is 7.31. The normalized spacial score (nSPS) is 11.4. The van der Waals surface area contributed by atoms with Crippen LogP contribution in [0.3, 0.4) is 0 Å². The van der Waals surface area contributed by atoms with E-state index in [2.05, 4.69) is 10.6 Å². The van der Waals surface area contributed by atoms with Gasteiger partial charge in [-0.2, -0.15) is 0 Å². The molecule has 0 fully saturated rings. The molecule has 0 saturated heterocycles. The van der Waals surface area contributed by atoms with Gasteiger partial charge in [-0.3, -0.25) is 14.4 Å². The van der Waals surface area contributed by atoms with Gasteiger partial charge in [0.1, 0.15) is 5.82 Å². The topological polar surface area (TPSA) is 84.5 Å². The fourth-order valence-corrected chi connectivity index (χ4v) is 2.23. The Bertz CT molecular complexity index is 827. The second kappa shape index (κ2) is 9.68. The quantitative estimate of drug-likeness (QED) is 0.709. The van der Waals surface area contributed by atoms with E-state index < -0.39 is 23.8 Å². The maximum atomic E-state index is 13.1. The minimum Gasteiger partial charge on any atom is -0.452 e. The van der Waals surface area contributed by atoms with Crippen LogP contribution in [0.1, 0.15) is 23.7 Å². The number of halogens is 2. The minimum atomic E-state index is -1.06. The van der Waals surface area contributed by atoms with Gasteiger partial charge < -0.3 is 15.4 Å². The number of benzene rings is 2. The molecule has 0 unspecified atom stereocenters. The van der Waals surface area contributed by atoms with Crippen molar-refractivity contribution in [3.63, 3.8) is 0 Å². The van der Waals surface area contributed by atoms with Gasteiger partial charge in [0.15, 0.2) is 6.10 Å². The average Bonchev–Trinajstić information content (AvgIpc) is 2.62. The lowest BCUT2D eigenvalue weighted by molar-refractivity contribution is -0.153. The van der Waals surface area contributed by atoms with E-state index in [-0.39, 0.29) is 24.6 Å². The Morgan fingerprint density at radius 3 is 2.52 bits per heavy atom. The molecule has 2 N–H and O–H groups in total. The zero-order valence-corrected chi connectivity index (χ0v) is 15.3. The Morgan fingerprint density at radius 1 is 1.15 bits per heavy atom. The third-order valence-electron chi connectivity index (χ3n) is 3.49. The number of hydrogen-bond acceptors (Lipinski definition) is 4. The average molecular weight is 393 g/mol. The highest BCUT2D eigenvalue weighted by molar-refractivity contribution is 6.30. The van der Waals surface area contributed by atoms with E-state index in [9.17, 15) is 18.8 Å². The van der Waals surface area contributed by atoms with Gasteiger partial charge in [0.25, 0.3) is 11.8 Å². The van der Waals surface area contributed by atoms with Crippen molar-refractivity contribution in [2.75, 3.05) is 11.9 Å². The molecule has 0 aromatic heterocycles. The monoisotopic (exact) mass is 392 g/mol. The number of carbonyl (C=O) groups excluding carboxylic acids is 3. The van der Waals surface area contributed by atoms with Gasteiger partial charge in [-0.1, -0.05) is 17.7 Å². The summed E-state index contributed by atoms with van der Waals surface area (Å²) in [5, 5.41) is 5.54. The summed E-state index contributed by atoms with van der Waals surface area (Å²) in [6, 6.07) is 11.7. The third kappa shape index (κ3) is 6.71. The van der Waals surface area contributed by atoms with Crippen molar-refractivity contribution in [1.29, 1.82) is 0 Å². The minimum absolute atomic E-state index is 0.0541. The molecule has 2 aromatic rings. The maximum Gasteiger partial charge on any atom is 0.308 e. The molecule has 0 heterocycles. The predicted molar refractivity (Wildman–Crippen MR) is 99.0 cm³/mol. The fraction of sp³-hybridized carbons (Fsp3) is 0.211. The van der Waals surface area contributed by atoms with Gasteiger partial charge in [-0.25, -0.2) is 4.39 Å². The van der Waals surface area contributed by atoms with Gasteiger partial charge in [-0.15, -0.1) is 0 Å². The summed E-state index contributed by atoms with van der Waals surface area (Å²) in [6.45, 7) is 1.46. The maximum absolute atomic E-state index is 13.1. The van der Waals surface area contributed by atoms with Gasteiger partial charge in [0.2, 0.25) is 0 Å². The number of carbonyl (C=O) groups is 3. The number of amides is 2. The number of rotatable bonds is 7. The van der Waals surface area contributed by atoms with Crippen molar-refractivity contribution in [3.8, 4) is 0 Å². The Labute approximate surface area is 160 Å². The molecule has 0 bridgehead atoms. The molecule has 1 atom stereocenters. The van der Waals surface area contributed by atoms with E-state index in [0.717, 1.165) is 6.07 Å². The summed E-state index contributed by atoms with van der Waals surface area (Å²) in [4.78, 5) is 35.7. The van der Waals surface area contributed by atoms with Gasteiger partial charge in [-0.05, 0) is 49.4 Å². The Hall–Kier alpha value is -2.93. The highest BCUT2D eigenvalue weighted by Gasteiger charge is 2.18. The Balaban J connectivity index is 1.73. The molecular weight excluding hydrogens is 375 g/mol. The summed E-state index contributed by atoms with van der Waals surface area (Å²) in [7, 11) is 0. The first-order valence-corrected chi connectivity index (χ1v) is 8.52. The second-order valence-electron chi connectivity index (χ2n) is 5.64. The van der Waals surface area contributed by atoms with Crippen LogP contribution in [-0.2, 0) is 14.3 Å². The SMILES string of the molecule is C[C@@H](OC(=O)CCNC(=O)c1ccc(Cl)cc1)C(=O)Nc1cccc(F)c1. The van der Waals surface area contributed by atoms with Gasteiger partial charge >= 0.3 is 5.97 Å². The first-order valence-electron chi connectivity index (χ1n) is 8.15. The lowest BCUT2D eigenvalue weighted by Crippen LogP contribution is -2.32. The van der Waals surface area contributed by atoms with Crippen LogP contribution >= 0.6 is 11.6 Å². The molecule has 2 aromatic carbocycles.